The lowest BCUT2D eigenvalue weighted by atomic mass is 10.4. The van der Waals surface area contributed by atoms with E-state index >= 15 is 0 Å². The molecule has 3 N–H and O–H groups in total. The lowest BCUT2D eigenvalue weighted by Gasteiger charge is -2.04. The van der Waals surface area contributed by atoms with Gasteiger partial charge in [-0.05, 0) is 6.92 Å². The number of nitrogens with two attached hydrogens (primary N) is 1. The van der Waals surface area contributed by atoms with Crippen molar-refractivity contribution in [3.05, 3.63) is 0 Å². The summed E-state index contributed by atoms with van der Waals surface area (Å²) in [7, 11) is 0. The number of rotatable bonds is 2. The second-order valence-electron chi connectivity index (χ2n) is 1.69. The van der Waals surface area contributed by atoms with E-state index in [0.717, 1.165) is 0 Å². The van der Waals surface area contributed by atoms with E-state index in [2.05, 4.69) is 5.32 Å². The standard InChI is InChI=1S/C5H9N3O/c1-4(7)8-5(9)2-3-6/h4H,2,7H2,1H3,(H,8,9). The average Bonchev–Trinajstić information content (AvgIpc) is 1.63. The van der Waals surface area contributed by atoms with Crippen LogP contribution in [0.25, 0.3) is 0 Å². The molecule has 0 bridgehead atoms. The summed E-state index contributed by atoms with van der Waals surface area (Å²) >= 11 is 0. The van der Waals surface area contributed by atoms with Crippen molar-refractivity contribution in [2.24, 2.45) is 5.73 Å². The number of nitriles is 1. The summed E-state index contributed by atoms with van der Waals surface area (Å²) in [5.41, 5.74) is 5.18. The van der Waals surface area contributed by atoms with Gasteiger partial charge in [0.05, 0.1) is 12.2 Å². The molecule has 1 atom stereocenters. The Labute approximate surface area is 53.6 Å². The van der Waals surface area contributed by atoms with E-state index in [1.807, 2.05) is 0 Å². The Kier molecular flexibility index (Phi) is 3.40. The monoisotopic (exact) mass is 127 g/mol. The SMILES string of the molecule is CC(N)NC(=O)CC#N. The number of nitrogens with zero attached hydrogens (tertiary/aromatic N) is 1. The summed E-state index contributed by atoms with van der Waals surface area (Å²) in [6.45, 7) is 1.63. The molecule has 4 nitrogen and oxygen atoms in total. The largest absolute Gasteiger partial charge is 0.340 e. The van der Waals surface area contributed by atoms with Crippen LogP contribution in [-0.2, 0) is 4.79 Å². The van der Waals surface area contributed by atoms with E-state index < -0.39 is 0 Å². The molecule has 0 spiro atoms. The summed E-state index contributed by atoms with van der Waals surface area (Å²) < 4.78 is 0. The first-order valence-corrected chi connectivity index (χ1v) is 2.58. The maximum Gasteiger partial charge on any atom is 0.235 e. The summed E-state index contributed by atoms with van der Waals surface area (Å²) in [4.78, 5) is 10.4. The van der Waals surface area contributed by atoms with Crippen molar-refractivity contribution in [3.63, 3.8) is 0 Å². The van der Waals surface area contributed by atoms with Crippen LogP contribution in [0.15, 0.2) is 0 Å². The predicted octanol–water partition coefficient (Wildman–Crippen LogP) is -0.679. The van der Waals surface area contributed by atoms with Gasteiger partial charge in [0, 0.05) is 0 Å². The first-order valence-electron chi connectivity index (χ1n) is 2.58. The second kappa shape index (κ2) is 3.87. The fraction of sp³-hybridized carbons (Fsp3) is 0.600. The number of carbonyl (C=O) groups is 1. The van der Waals surface area contributed by atoms with Crippen LogP contribution >= 0.6 is 0 Å². The molecule has 50 valence electrons. The lowest BCUT2D eigenvalue weighted by Crippen LogP contribution is -2.38. The van der Waals surface area contributed by atoms with Gasteiger partial charge >= 0.3 is 0 Å². The fourth-order valence-electron chi connectivity index (χ4n) is 0.377. The van der Waals surface area contributed by atoms with Crippen molar-refractivity contribution < 1.29 is 4.79 Å². The Morgan fingerprint density at radius 3 is 2.89 bits per heavy atom. The van der Waals surface area contributed by atoms with Crippen LogP contribution in [0.2, 0.25) is 0 Å². The zero-order valence-electron chi connectivity index (χ0n) is 5.22. The molecule has 0 aliphatic carbocycles. The van der Waals surface area contributed by atoms with Crippen molar-refractivity contribution in [2.45, 2.75) is 19.5 Å². The summed E-state index contributed by atoms with van der Waals surface area (Å²) in [6.07, 6.45) is -0.493. The van der Waals surface area contributed by atoms with Crippen LogP contribution < -0.4 is 11.1 Å². The van der Waals surface area contributed by atoms with Crippen molar-refractivity contribution in [1.82, 2.24) is 5.32 Å². The first-order chi connectivity index (χ1) is 4.16. The van der Waals surface area contributed by atoms with Crippen molar-refractivity contribution >= 4 is 5.91 Å². The van der Waals surface area contributed by atoms with Crippen LogP contribution in [0.3, 0.4) is 0 Å². The third-order valence-electron chi connectivity index (χ3n) is 0.628. The lowest BCUT2D eigenvalue weighted by molar-refractivity contribution is -0.120. The normalized spacial score (nSPS) is 11.7. The summed E-state index contributed by atoms with van der Waals surface area (Å²) in [6, 6.07) is 1.71. The van der Waals surface area contributed by atoms with E-state index in [-0.39, 0.29) is 18.5 Å². The highest BCUT2D eigenvalue weighted by atomic mass is 16.1. The van der Waals surface area contributed by atoms with Gasteiger partial charge in [-0.25, -0.2) is 0 Å². The Hall–Kier alpha value is -1.08. The maximum atomic E-state index is 10.4. The zero-order chi connectivity index (χ0) is 7.28. The zero-order valence-corrected chi connectivity index (χ0v) is 5.22. The van der Waals surface area contributed by atoms with Gasteiger partial charge in [0.1, 0.15) is 6.42 Å². The minimum absolute atomic E-state index is 0.123. The second-order valence-corrected chi connectivity index (χ2v) is 1.69. The third-order valence-corrected chi connectivity index (χ3v) is 0.628. The molecular weight excluding hydrogens is 118 g/mol. The van der Waals surface area contributed by atoms with E-state index in [4.69, 9.17) is 11.0 Å². The molecule has 0 rings (SSSR count). The van der Waals surface area contributed by atoms with Gasteiger partial charge in [0.15, 0.2) is 0 Å². The molecule has 1 unspecified atom stereocenters. The molecule has 9 heavy (non-hydrogen) atoms. The van der Waals surface area contributed by atoms with Crippen LogP contribution in [0, 0.1) is 11.3 Å². The van der Waals surface area contributed by atoms with Gasteiger partial charge in [-0.3, -0.25) is 4.79 Å². The Morgan fingerprint density at radius 1 is 2.00 bits per heavy atom. The number of nitrogens with one attached hydrogen (secondary N) is 1. The maximum absolute atomic E-state index is 10.4. The number of carbonyl (C=O) groups excluding carboxylic acids is 1. The van der Waals surface area contributed by atoms with Gasteiger partial charge < -0.3 is 11.1 Å². The molecule has 0 aromatic rings. The smallest absolute Gasteiger partial charge is 0.235 e. The minimum atomic E-state index is -0.370. The third kappa shape index (κ3) is 4.78. The molecule has 0 aliphatic heterocycles. The molecule has 4 heteroatoms. The van der Waals surface area contributed by atoms with E-state index in [1.165, 1.54) is 0 Å². The molecule has 0 fully saturated rings. The first kappa shape index (κ1) is 7.92. The molecule has 1 amide bonds. The van der Waals surface area contributed by atoms with E-state index in [9.17, 15) is 4.79 Å². The van der Waals surface area contributed by atoms with Crippen LogP contribution in [-0.4, -0.2) is 12.1 Å². The van der Waals surface area contributed by atoms with Crippen LogP contribution in [0.4, 0.5) is 0 Å². The Morgan fingerprint density at radius 2 is 2.56 bits per heavy atom. The molecule has 0 saturated heterocycles. The quantitative estimate of drug-likeness (QED) is 0.482. The number of amides is 1. The highest BCUT2D eigenvalue weighted by molar-refractivity contribution is 5.78. The van der Waals surface area contributed by atoms with Crippen LogP contribution in [0.5, 0.6) is 0 Å². The molecule has 0 radical (unpaired) electrons. The van der Waals surface area contributed by atoms with Gasteiger partial charge in [0.2, 0.25) is 5.91 Å². The molecule has 0 saturated carbocycles. The van der Waals surface area contributed by atoms with E-state index in [1.54, 1.807) is 13.0 Å². The average molecular weight is 127 g/mol. The fourth-order valence-corrected chi connectivity index (χ4v) is 0.377. The number of hydrogen-bond acceptors (Lipinski definition) is 3. The Bertz CT molecular complexity index is 136. The highest BCUT2D eigenvalue weighted by Gasteiger charge is 1.99. The van der Waals surface area contributed by atoms with E-state index in [0.29, 0.717) is 0 Å². The molecule has 0 aromatic carbocycles. The Balaban J connectivity index is 3.42. The summed E-state index contributed by atoms with van der Waals surface area (Å²) in [5.74, 6) is -0.326. The van der Waals surface area contributed by atoms with Gasteiger partial charge in [0.25, 0.3) is 0 Å². The van der Waals surface area contributed by atoms with Crippen LogP contribution in [0.1, 0.15) is 13.3 Å². The van der Waals surface area contributed by atoms with Gasteiger partial charge in [-0.1, -0.05) is 0 Å². The highest BCUT2D eigenvalue weighted by Crippen LogP contribution is 1.75. The van der Waals surface area contributed by atoms with Crippen molar-refractivity contribution in [1.29, 1.82) is 5.26 Å². The number of hydrogen-bond donors (Lipinski definition) is 2. The summed E-state index contributed by atoms with van der Waals surface area (Å²) in [5, 5.41) is 10.4. The minimum Gasteiger partial charge on any atom is -0.340 e. The van der Waals surface area contributed by atoms with Crippen molar-refractivity contribution in [2.75, 3.05) is 0 Å². The van der Waals surface area contributed by atoms with Gasteiger partial charge in [-0.15, -0.1) is 0 Å². The molecule has 0 aromatic heterocycles. The topological polar surface area (TPSA) is 78.9 Å². The molecular formula is C5H9N3O. The van der Waals surface area contributed by atoms with Gasteiger partial charge in [-0.2, -0.15) is 5.26 Å². The molecule has 0 heterocycles. The van der Waals surface area contributed by atoms with Crippen molar-refractivity contribution in [3.8, 4) is 6.07 Å². The molecule has 0 aliphatic rings. The predicted molar refractivity (Wildman–Crippen MR) is 32.0 cm³/mol.